The van der Waals surface area contributed by atoms with Crippen molar-refractivity contribution in [2.75, 3.05) is 86.1 Å². The summed E-state index contributed by atoms with van der Waals surface area (Å²) in [5.74, 6) is -0.388. The van der Waals surface area contributed by atoms with Crippen LogP contribution >= 0.6 is 0 Å². The summed E-state index contributed by atoms with van der Waals surface area (Å²) in [5.41, 5.74) is 0. The predicted molar refractivity (Wildman–Crippen MR) is 335 cm³/mol. The van der Waals surface area contributed by atoms with Crippen LogP contribution in [0.2, 0.25) is 0 Å². The first-order valence-corrected chi connectivity index (χ1v) is 33.5. The Kier molecular flexibility index (Phi) is 67.8. The van der Waals surface area contributed by atoms with E-state index in [1.165, 1.54) is 173 Å². The second-order valence-corrected chi connectivity index (χ2v) is 22.6. The maximum absolute atomic E-state index is 12.2. The molecule has 17 nitrogen and oxygen atoms in total. The van der Waals surface area contributed by atoms with Crippen LogP contribution in [0.3, 0.4) is 0 Å². The lowest BCUT2D eigenvalue weighted by Crippen LogP contribution is -2.48. The molecule has 0 aromatic carbocycles. The van der Waals surface area contributed by atoms with Gasteiger partial charge in [-0.3, -0.25) is 19.6 Å². The van der Waals surface area contributed by atoms with Crippen molar-refractivity contribution in [1.82, 2.24) is 47.9 Å². The van der Waals surface area contributed by atoms with Crippen molar-refractivity contribution in [3.63, 3.8) is 0 Å². The van der Waals surface area contributed by atoms with Crippen LogP contribution in [0.4, 0.5) is 0 Å². The normalized spacial score (nSPS) is 12.2. The third-order valence-electron chi connectivity index (χ3n) is 14.9. The molecule has 0 aliphatic heterocycles. The fraction of sp³-hybridized carbons (Fsp3) is 0.952. The molecule has 13 N–H and O–H groups in total. The highest BCUT2D eigenvalue weighted by atomic mass is 17.1. The minimum absolute atomic E-state index is 0.183. The van der Waals surface area contributed by atoms with Crippen LogP contribution in [0.1, 0.15) is 277 Å². The first kappa shape index (κ1) is 80.0. The highest BCUT2D eigenvalue weighted by molar-refractivity contribution is 5.81. The van der Waals surface area contributed by atoms with Crippen LogP contribution in [-0.4, -0.2) is 149 Å². The van der Waals surface area contributed by atoms with Crippen LogP contribution in [0.15, 0.2) is 0 Å². The number of amides is 3. The van der Waals surface area contributed by atoms with E-state index < -0.39 is 24.4 Å². The summed E-state index contributed by atoms with van der Waals surface area (Å²) >= 11 is 0. The molecule has 0 fully saturated rings. The monoisotopic (exact) mass is 1140 g/mol. The van der Waals surface area contributed by atoms with E-state index in [1.54, 1.807) is 0 Å². The molecular weight excluding hydrogens is 1010 g/mol. The molecule has 0 saturated carbocycles. The van der Waals surface area contributed by atoms with Gasteiger partial charge in [0.1, 0.15) is 0 Å². The Morgan fingerprint density at radius 2 is 0.675 bits per heavy atom. The average Bonchev–Trinajstić information content (AvgIpc) is 3.45. The van der Waals surface area contributed by atoms with Gasteiger partial charge in [0.25, 0.3) is 5.91 Å². The second-order valence-electron chi connectivity index (χ2n) is 22.6. The molecule has 3 amide bonds. The molecule has 0 aromatic heterocycles. The summed E-state index contributed by atoms with van der Waals surface area (Å²) in [7, 11) is 4.00. The number of carbonyl (C=O) groups is 3. The Morgan fingerprint density at radius 1 is 0.362 bits per heavy atom. The fourth-order valence-electron chi connectivity index (χ4n) is 9.67. The molecule has 0 saturated heterocycles. The lowest BCUT2D eigenvalue weighted by Gasteiger charge is -2.21. The smallest absolute Gasteiger partial charge is 0.251 e. The zero-order chi connectivity index (χ0) is 58.9. The molecule has 17 heteroatoms. The van der Waals surface area contributed by atoms with E-state index in [9.17, 15) is 19.5 Å². The fourth-order valence-corrected chi connectivity index (χ4v) is 9.67. The topological polar surface area (TPSA) is 250 Å². The number of rotatable bonds is 64. The first-order chi connectivity index (χ1) is 39.2. The van der Waals surface area contributed by atoms with Crippen molar-refractivity contribution in [3.8, 4) is 0 Å². The number of aliphatic hydroxyl groups excluding tert-OH is 2. The van der Waals surface area contributed by atoms with Gasteiger partial charge in [-0.25, -0.2) is 4.89 Å². The van der Waals surface area contributed by atoms with Crippen LogP contribution in [0, 0.1) is 0 Å². The standard InChI is InChI=1S/C35H77N7O.C28H56N2O7/c1-4-5-6-7-8-9-10-11-12-13-17-24-35(43)42-29-18-15-14-16-23-34(40-27-21-19-25-38-32-30-36-2)41-28-22-20-26-39-33-31-37-3;1-2-3-4-5-6-7-10-13-16-19-22-29-24(31)21-18-15-12-9-8-11-14-17-20-23-30-27(33)25(32)26(37-36)28(34)35/h34,36-41H,4-33H2,1-3H3,(H,42,43);25-26,28,32,34-36H,2-23H2,1H3,(H,29,31)(H,30,33)/t;25-,26-/m.1/s1. The van der Waals surface area contributed by atoms with Crippen LogP contribution < -0.4 is 47.9 Å². The van der Waals surface area contributed by atoms with Gasteiger partial charge in [-0.2, -0.15) is 0 Å². The zero-order valence-corrected chi connectivity index (χ0v) is 52.5. The third-order valence-corrected chi connectivity index (χ3v) is 14.9. The Balaban J connectivity index is 0. The van der Waals surface area contributed by atoms with E-state index in [2.05, 4.69) is 66.6 Å². The van der Waals surface area contributed by atoms with E-state index in [0.717, 1.165) is 142 Å². The molecule has 0 radical (unpaired) electrons. The number of carbonyl (C=O) groups excluding carboxylic acids is 3. The molecule has 0 heterocycles. The van der Waals surface area contributed by atoms with Gasteiger partial charge in [0.15, 0.2) is 18.5 Å². The van der Waals surface area contributed by atoms with Crippen molar-refractivity contribution >= 4 is 17.7 Å². The number of likely N-dealkylation sites (N-methyl/N-ethyl adjacent to an activating group) is 2. The van der Waals surface area contributed by atoms with Crippen LogP contribution in [-0.2, 0) is 19.3 Å². The molecule has 0 aliphatic carbocycles. The van der Waals surface area contributed by atoms with E-state index in [0.29, 0.717) is 25.6 Å². The highest BCUT2D eigenvalue weighted by Gasteiger charge is 2.32. The van der Waals surface area contributed by atoms with Gasteiger partial charge in [0.05, 0.1) is 6.17 Å². The van der Waals surface area contributed by atoms with Gasteiger partial charge < -0.3 is 63.2 Å². The number of hydrogen-bond acceptors (Lipinski definition) is 14. The average molecular weight is 1140 g/mol. The molecule has 0 aromatic rings. The van der Waals surface area contributed by atoms with Crippen molar-refractivity contribution in [1.29, 1.82) is 0 Å². The highest BCUT2D eigenvalue weighted by Crippen LogP contribution is 2.14. The molecule has 0 unspecified atom stereocenters. The molecule has 0 rings (SSSR count). The lowest BCUT2D eigenvalue weighted by atomic mass is 10.1. The molecule has 0 bridgehead atoms. The van der Waals surface area contributed by atoms with Crippen LogP contribution in [0.5, 0.6) is 0 Å². The summed E-state index contributed by atoms with van der Waals surface area (Å²) in [4.78, 5) is 39.5. The molecule has 0 spiro atoms. The predicted octanol–water partition coefficient (Wildman–Crippen LogP) is 10.0. The Hall–Kier alpha value is -2.03. The third kappa shape index (κ3) is 62.0. The second kappa shape index (κ2) is 67.8. The van der Waals surface area contributed by atoms with Gasteiger partial charge in [0, 0.05) is 58.7 Å². The number of unbranched alkanes of at least 4 members (excludes halogenated alkanes) is 32. The summed E-state index contributed by atoms with van der Waals surface area (Å²) < 4.78 is 0. The van der Waals surface area contributed by atoms with E-state index in [-0.39, 0.29) is 11.8 Å². The molecule has 0 aliphatic rings. The molecule has 2 atom stereocenters. The van der Waals surface area contributed by atoms with Gasteiger partial charge in [-0.15, -0.1) is 0 Å². The zero-order valence-electron chi connectivity index (χ0n) is 52.5. The quantitative estimate of drug-likeness (QED) is 0.0117. The Morgan fingerprint density at radius 3 is 1.02 bits per heavy atom. The SMILES string of the molecule is CCCCCCCCCCCCCC(=O)NCCCCCCC(NCCCCNCCNC)NCCCCNCCNC.CCCCCCCCCCCCNC(=O)CCCCCCCCCCCNC(=O)[C@H](O)[C@@H](OO)C(O)O. The molecule has 80 heavy (non-hydrogen) atoms. The number of nitrogens with one attached hydrogen (secondary N) is 9. The summed E-state index contributed by atoms with van der Waals surface area (Å²) in [6.07, 6.45) is 43.7. The first-order valence-electron chi connectivity index (χ1n) is 33.5. The van der Waals surface area contributed by atoms with Crippen molar-refractivity contribution in [3.05, 3.63) is 0 Å². The summed E-state index contributed by atoms with van der Waals surface area (Å²) in [6.45, 7) is 15.0. The summed E-state index contributed by atoms with van der Waals surface area (Å²) in [6, 6.07) is 0. The van der Waals surface area contributed by atoms with Crippen molar-refractivity contribution in [2.24, 2.45) is 0 Å². The lowest BCUT2D eigenvalue weighted by molar-refractivity contribution is -0.334. The Labute approximate surface area is 491 Å². The van der Waals surface area contributed by atoms with Crippen LogP contribution in [0.25, 0.3) is 0 Å². The van der Waals surface area contributed by atoms with Gasteiger partial charge in [0.2, 0.25) is 11.8 Å². The van der Waals surface area contributed by atoms with Gasteiger partial charge >= 0.3 is 0 Å². The van der Waals surface area contributed by atoms with E-state index in [4.69, 9.17) is 15.5 Å². The van der Waals surface area contributed by atoms with E-state index >= 15 is 0 Å². The summed E-state index contributed by atoms with van der Waals surface area (Å²) in [5, 5.41) is 65.5. The van der Waals surface area contributed by atoms with Gasteiger partial charge in [-0.05, 0) is 104 Å². The van der Waals surface area contributed by atoms with Crippen molar-refractivity contribution in [2.45, 2.75) is 302 Å². The van der Waals surface area contributed by atoms with Crippen molar-refractivity contribution < 1.29 is 39.8 Å². The number of hydrogen-bond donors (Lipinski definition) is 13. The largest absolute Gasteiger partial charge is 0.380 e. The number of aliphatic hydroxyl groups is 3. The maximum Gasteiger partial charge on any atom is 0.251 e. The van der Waals surface area contributed by atoms with Gasteiger partial charge in [-0.1, -0.05) is 200 Å². The molecule has 478 valence electrons. The Bertz CT molecular complexity index is 1240. The molecular formula is C63H133N9O8. The minimum atomic E-state index is -2.16. The maximum atomic E-state index is 12.2. The van der Waals surface area contributed by atoms with E-state index in [1.807, 2.05) is 14.1 Å². The minimum Gasteiger partial charge on any atom is -0.380 e.